The standard InChI is InChI=1S/C23H24F3N5O2.C7H7F/c1-14-12-28-22(33-2)29-20(14)18-11-16(15-7-4-3-5-8-15)21(32)31(30-18)13-19-17(23(24,25)26)9-6-10-27-19;1-6-3-2-4-7(8)5-6/h6,9-12,15H,3-5,7-8,13H2,1-2H3;2-5H,1H3. The predicted octanol–water partition coefficient (Wildman–Crippen LogP) is 6.66. The van der Waals surface area contributed by atoms with Gasteiger partial charge in [-0.15, -0.1) is 0 Å². The second-order valence-electron chi connectivity index (χ2n) is 9.97. The smallest absolute Gasteiger partial charge is 0.418 e. The van der Waals surface area contributed by atoms with Crippen LogP contribution in [0.1, 0.15) is 66.0 Å². The first kappa shape index (κ1) is 29.8. The summed E-state index contributed by atoms with van der Waals surface area (Å²) in [5.74, 6) is -0.140. The van der Waals surface area contributed by atoms with Crippen molar-refractivity contribution in [1.29, 1.82) is 0 Å². The molecule has 41 heavy (non-hydrogen) atoms. The maximum Gasteiger partial charge on any atom is 0.418 e. The van der Waals surface area contributed by atoms with Crippen LogP contribution >= 0.6 is 0 Å². The number of aromatic nitrogens is 5. The van der Waals surface area contributed by atoms with Gasteiger partial charge in [-0.2, -0.15) is 23.3 Å². The third-order valence-corrected chi connectivity index (χ3v) is 6.90. The Bertz CT molecular complexity index is 1530. The van der Waals surface area contributed by atoms with Gasteiger partial charge in [0.15, 0.2) is 0 Å². The highest BCUT2D eigenvalue weighted by Gasteiger charge is 2.34. The summed E-state index contributed by atoms with van der Waals surface area (Å²) < 4.78 is 58.9. The molecule has 1 aliphatic carbocycles. The van der Waals surface area contributed by atoms with Gasteiger partial charge in [0, 0.05) is 18.0 Å². The average molecular weight is 570 g/mol. The minimum absolute atomic E-state index is 0.0223. The fourth-order valence-corrected chi connectivity index (χ4v) is 4.84. The molecular formula is C30H31F4N5O2. The Morgan fingerprint density at radius 1 is 1.02 bits per heavy atom. The summed E-state index contributed by atoms with van der Waals surface area (Å²) in [6, 6.07) is 10.5. The van der Waals surface area contributed by atoms with Crippen LogP contribution in [0.25, 0.3) is 11.4 Å². The molecule has 11 heteroatoms. The summed E-state index contributed by atoms with van der Waals surface area (Å²) in [5.41, 5.74) is 1.51. The van der Waals surface area contributed by atoms with E-state index >= 15 is 0 Å². The molecular weight excluding hydrogens is 538 g/mol. The molecule has 216 valence electrons. The third-order valence-electron chi connectivity index (χ3n) is 6.90. The quantitative estimate of drug-likeness (QED) is 0.250. The van der Waals surface area contributed by atoms with Crippen molar-refractivity contribution in [3.05, 3.63) is 99.0 Å². The Morgan fingerprint density at radius 3 is 2.41 bits per heavy atom. The Labute approximate surface area is 235 Å². The van der Waals surface area contributed by atoms with Crippen LogP contribution in [0.2, 0.25) is 0 Å². The Morgan fingerprint density at radius 2 is 1.78 bits per heavy atom. The van der Waals surface area contributed by atoms with Crippen molar-refractivity contribution < 1.29 is 22.3 Å². The summed E-state index contributed by atoms with van der Waals surface area (Å²) in [5, 5.41) is 4.40. The van der Waals surface area contributed by atoms with Crippen LogP contribution in [0.15, 0.2) is 59.7 Å². The monoisotopic (exact) mass is 569 g/mol. The van der Waals surface area contributed by atoms with E-state index in [1.54, 1.807) is 25.3 Å². The van der Waals surface area contributed by atoms with Gasteiger partial charge in [0.25, 0.3) is 5.56 Å². The molecule has 1 saturated carbocycles. The number of halogens is 4. The lowest BCUT2D eigenvalue weighted by molar-refractivity contribution is -0.138. The highest BCUT2D eigenvalue weighted by molar-refractivity contribution is 5.58. The zero-order chi connectivity index (χ0) is 29.6. The van der Waals surface area contributed by atoms with Crippen molar-refractivity contribution in [3.8, 4) is 17.4 Å². The minimum Gasteiger partial charge on any atom is -0.467 e. The first-order valence-corrected chi connectivity index (χ1v) is 13.3. The number of hydrogen-bond acceptors (Lipinski definition) is 6. The molecule has 0 radical (unpaired) electrons. The third kappa shape index (κ3) is 7.53. The van der Waals surface area contributed by atoms with Crippen molar-refractivity contribution in [1.82, 2.24) is 24.7 Å². The number of benzene rings is 1. The van der Waals surface area contributed by atoms with Crippen molar-refractivity contribution in [2.45, 2.75) is 64.6 Å². The summed E-state index contributed by atoms with van der Waals surface area (Å²) in [6.07, 6.45) is 3.08. The van der Waals surface area contributed by atoms with Gasteiger partial charge in [0.2, 0.25) is 0 Å². The Kier molecular flexibility index (Phi) is 9.46. The number of aryl methyl sites for hydroxylation is 2. The van der Waals surface area contributed by atoms with Crippen LogP contribution < -0.4 is 10.3 Å². The van der Waals surface area contributed by atoms with Crippen molar-refractivity contribution in [2.75, 3.05) is 7.11 Å². The normalized spacial score (nSPS) is 13.8. The fraction of sp³-hybridized carbons (Fsp3) is 0.367. The van der Waals surface area contributed by atoms with Gasteiger partial charge in [0.05, 0.1) is 24.9 Å². The molecule has 1 aromatic carbocycles. The SMILES string of the molecule is COc1ncc(C)c(-c2cc(C3CCCCC3)c(=O)n(Cc3ncccc3C(F)(F)F)n2)n1.Cc1cccc(F)c1. The summed E-state index contributed by atoms with van der Waals surface area (Å²) in [4.78, 5) is 25.7. The highest BCUT2D eigenvalue weighted by atomic mass is 19.4. The summed E-state index contributed by atoms with van der Waals surface area (Å²) in [6.45, 7) is 3.26. The van der Waals surface area contributed by atoms with E-state index in [0.717, 1.165) is 48.4 Å². The zero-order valence-corrected chi connectivity index (χ0v) is 23.1. The lowest BCUT2D eigenvalue weighted by atomic mass is 9.84. The van der Waals surface area contributed by atoms with Gasteiger partial charge in [0.1, 0.15) is 17.2 Å². The van der Waals surface area contributed by atoms with Crippen LogP contribution in [0, 0.1) is 19.7 Å². The second-order valence-corrected chi connectivity index (χ2v) is 9.97. The van der Waals surface area contributed by atoms with Gasteiger partial charge in [-0.3, -0.25) is 9.78 Å². The summed E-state index contributed by atoms with van der Waals surface area (Å²) in [7, 11) is 1.44. The molecule has 3 heterocycles. The number of rotatable bonds is 5. The zero-order valence-electron chi connectivity index (χ0n) is 23.1. The number of hydrogen-bond donors (Lipinski definition) is 0. The largest absolute Gasteiger partial charge is 0.467 e. The molecule has 3 aromatic heterocycles. The number of nitrogens with zero attached hydrogens (tertiary/aromatic N) is 5. The van der Waals surface area contributed by atoms with Gasteiger partial charge >= 0.3 is 12.2 Å². The van der Waals surface area contributed by atoms with E-state index in [1.807, 2.05) is 13.0 Å². The molecule has 1 fully saturated rings. The number of ether oxygens (including phenoxy) is 1. The van der Waals surface area contributed by atoms with Gasteiger partial charge < -0.3 is 4.74 Å². The van der Waals surface area contributed by atoms with Gasteiger partial charge in [-0.1, -0.05) is 31.4 Å². The van der Waals surface area contributed by atoms with Crippen LogP contribution in [0.5, 0.6) is 6.01 Å². The van der Waals surface area contributed by atoms with Crippen LogP contribution in [-0.4, -0.2) is 31.8 Å². The molecule has 5 rings (SSSR count). The molecule has 7 nitrogen and oxygen atoms in total. The molecule has 1 aliphatic rings. The summed E-state index contributed by atoms with van der Waals surface area (Å²) >= 11 is 0. The van der Waals surface area contributed by atoms with Crippen LogP contribution in [0.3, 0.4) is 0 Å². The molecule has 0 bridgehead atoms. The Balaban J connectivity index is 0.000000417. The molecule has 0 N–H and O–H groups in total. The van der Waals surface area contributed by atoms with Crippen molar-refractivity contribution in [2.24, 2.45) is 0 Å². The molecule has 0 spiro atoms. The average Bonchev–Trinajstić information content (AvgIpc) is 2.95. The van der Waals surface area contributed by atoms with Gasteiger partial charge in [-0.05, 0) is 74.1 Å². The van der Waals surface area contributed by atoms with E-state index in [-0.39, 0.29) is 23.4 Å². The van der Waals surface area contributed by atoms with E-state index in [2.05, 4.69) is 20.1 Å². The first-order valence-electron chi connectivity index (χ1n) is 13.3. The second kappa shape index (κ2) is 13.0. The van der Waals surface area contributed by atoms with E-state index in [1.165, 1.54) is 31.5 Å². The minimum atomic E-state index is -4.59. The molecule has 4 aromatic rings. The number of methoxy groups -OCH3 is 1. The number of alkyl halides is 3. The maximum atomic E-state index is 13.5. The van der Waals surface area contributed by atoms with Crippen molar-refractivity contribution >= 4 is 0 Å². The number of pyridine rings is 1. The lowest BCUT2D eigenvalue weighted by Crippen LogP contribution is -2.30. The topological polar surface area (TPSA) is 82.8 Å². The maximum absolute atomic E-state index is 13.5. The van der Waals surface area contributed by atoms with E-state index in [9.17, 15) is 22.4 Å². The van der Waals surface area contributed by atoms with Gasteiger partial charge in [-0.25, -0.2) is 14.1 Å². The molecule has 0 atom stereocenters. The predicted molar refractivity (Wildman–Crippen MR) is 146 cm³/mol. The van der Waals surface area contributed by atoms with E-state index in [4.69, 9.17) is 4.74 Å². The molecule has 0 saturated heterocycles. The van der Waals surface area contributed by atoms with E-state index in [0.29, 0.717) is 22.5 Å². The Hall–Kier alpha value is -4.15. The molecule has 0 unspecified atom stereocenters. The molecule has 0 amide bonds. The lowest BCUT2D eigenvalue weighted by Gasteiger charge is -2.23. The van der Waals surface area contributed by atoms with Crippen molar-refractivity contribution in [3.63, 3.8) is 0 Å². The van der Waals surface area contributed by atoms with E-state index < -0.39 is 23.8 Å². The van der Waals surface area contributed by atoms with Crippen LogP contribution in [-0.2, 0) is 12.7 Å². The highest BCUT2D eigenvalue weighted by Crippen LogP contribution is 2.34. The van der Waals surface area contributed by atoms with Crippen LogP contribution in [0.4, 0.5) is 17.6 Å². The molecule has 0 aliphatic heterocycles. The fourth-order valence-electron chi connectivity index (χ4n) is 4.84. The first-order chi connectivity index (χ1) is 19.6.